The lowest BCUT2D eigenvalue weighted by Gasteiger charge is -2.18. The molecule has 3 rings (SSSR count). The Morgan fingerprint density at radius 1 is 1.37 bits per heavy atom. The van der Waals surface area contributed by atoms with Crippen molar-refractivity contribution in [3.8, 4) is 0 Å². The molecule has 0 aliphatic carbocycles. The van der Waals surface area contributed by atoms with Crippen LogP contribution in [0.15, 0.2) is 12.1 Å². The largest absolute Gasteiger partial charge is 0.390 e. The van der Waals surface area contributed by atoms with Crippen LogP contribution in [0.3, 0.4) is 0 Å². The summed E-state index contributed by atoms with van der Waals surface area (Å²) in [5, 5.41) is 17.5. The lowest BCUT2D eigenvalue weighted by atomic mass is 10.3. The number of hydrogen-bond donors (Lipinski definition) is 1. The van der Waals surface area contributed by atoms with Gasteiger partial charge in [0, 0.05) is 35.9 Å². The van der Waals surface area contributed by atoms with Crippen LogP contribution in [0.4, 0.5) is 0 Å². The molecule has 0 atom stereocenters. The highest BCUT2D eigenvalue weighted by Crippen LogP contribution is 2.21. The predicted molar refractivity (Wildman–Crippen MR) is 73.7 cm³/mol. The number of fused-ring (bicyclic) bond motifs is 1. The molecule has 1 N–H and O–H groups in total. The summed E-state index contributed by atoms with van der Waals surface area (Å²) in [7, 11) is 0. The highest BCUT2D eigenvalue weighted by Gasteiger charge is 2.19. The molecule has 0 saturated carbocycles. The number of aromatic nitrogens is 3. The van der Waals surface area contributed by atoms with Gasteiger partial charge in [0.25, 0.3) is 0 Å². The Morgan fingerprint density at radius 2 is 2.26 bits per heavy atom. The monoisotopic (exact) mass is 278 g/mol. The predicted octanol–water partition coefficient (Wildman–Crippen LogP) is 1.55. The maximum Gasteiger partial charge on any atom is 0.113 e. The fourth-order valence-corrected chi connectivity index (χ4v) is 3.44. The van der Waals surface area contributed by atoms with Gasteiger partial charge in [-0.05, 0) is 25.5 Å². The van der Waals surface area contributed by atoms with Crippen LogP contribution in [0.2, 0.25) is 0 Å². The fraction of sp³-hybridized carbons (Fsp3) is 0.538. The van der Waals surface area contributed by atoms with E-state index in [0.717, 1.165) is 38.3 Å². The van der Waals surface area contributed by atoms with E-state index < -0.39 is 0 Å². The van der Waals surface area contributed by atoms with E-state index in [9.17, 15) is 5.11 Å². The summed E-state index contributed by atoms with van der Waals surface area (Å²) in [5.74, 6) is 0. The molecule has 2 aromatic rings. The Morgan fingerprint density at radius 3 is 3.00 bits per heavy atom. The van der Waals surface area contributed by atoms with Crippen molar-refractivity contribution < 1.29 is 5.11 Å². The van der Waals surface area contributed by atoms with Crippen molar-refractivity contribution >= 4 is 11.3 Å². The van der Waals surface area contributed by atoms with Crippen LogP contribution in [-0.2, 0) is 26.2 Å². The quantitative estimate of drug-likeness (QED) is 0.925. The second-order valence-corrected chi connectivity index (χ2v) is 6.31. The highest BCUT2D eigenvalue weighted by molar-refractivity contribution is 7.11. The van der Waals surface area contributed by atoms with Crippen molar-refractivity contribution in [2.24, 2.45) is 0 Å². The lowest BCUT2D eigenvalue weighted by Crippen LogP contribution is -2.22. The first-order chi connectivity index (χ1) is 9.26. The zero-order chi connectivity index (χ0) is 13.2. The number of rotatable bonds is 3. The second-order valence-electron chi connectivity index (χ2n) is 4.94. The van der Waals surface area contributed by atoms with Gasteiger partial charge in [-0.3, -0.25) is 4.90 Å². The third kappa shape index (κ3) is 2.70. The van der Waals surface area contributed by atoms with Gasteiger partial charge in [-0.15, -0.1) is 16.4 Å². The number of thiophene rings is 1. The summed E-state index contributed by atoms with van der Waals surface area (Å²) in [5.41, 5.74) is 1.78. The Bertz CT molecular complexity index is 563. The van der Waals surface area contributed by atoms with Crippen LogP contribution in [0, 0.1) is 6.92 Å². The average molecular weight is 278 g/mol. The Hall–Kier alpha value is -1.24. The molecule has 102 valence electrons. The van der Waals surface area contributed by atoms with Gasteiger partial charge >= 0.3 is 0 Å². The van der Waals surface area contributed by atoms with E-state index in [0.29, 0.717) is 5.69 Å². The minimum absolute atomic E-state index is 0.0265. The maximum atomic E-state index is 9.32. The topological polar surface area (TPSA) is 54.2 Å². The van der Waals surface area contributed by atoms with Crippen molar-refractivity contribution in [2.45, 2.75) is 39.6 Å². The van der Waals surface area contributed by atoms with Gasteiger partial charge in [0.1, 0.15) is 5.69 Å². The van der Waals surface area contributed by atoms with E-state index in [1.807, 2.05) is 16.0 Å². The summed E-state index contributed by atoms with van der Waals surface area (Å²) in [6, 6.07) is 4.37. The third-order valence-corrected chi connectivity index (χ3v) is 4.45. The molecule has 1 aliphatic rings. The average Bonchev–Trinajstić information content (AvgIpc) is 2.91. The van der Waals surface area contributed by atoms with Crippen LogP contribution in [-0.4, -0.2) is 31.5 Å². The number of hydrogen-bond acceptors (Lipinski definition) is 5. The SMILES string of the molecule is Cc1ccc(CN2CCCn3nnc(CO)c3C2)s1. The molecule has 2 aromatic heterocycles. The first-order valence-electron chi connectivity index (χ1n) is 6.56. The molecule has 0 spiro atoms. The van der Waals surface area contributed by atoms with Gasteiger partial charge in [0.05, 0.1) is 12.3 Å². The van der Waals surface area contributed by atoms with Crippen molar-refractivity contribution in [2.75, 3.05) is 6.54 Å². The third-order valence-electron chi connectivity index (χ3n) is 3.46. The number of aryl methyl sites for hydroxylation is 2. The van der Waals surface area contributed by atoms with E-state index in [4.69, 9.17) is 0 Å². The smallest absolute Gasteiger partial charge is 0.113 e. The van der Waals surface area contributed by atoms with Crippen LogP contribution in [0.25, 0.3) is 0 Å². The first kappa shape index (κ1) is 12.8. The molecule has 3 heterocycles. The Labute approximate surface area is 116 Å². The van der Waals surface area contributed by atoms with Gasteiger partial charge in [-0.2, -0.15) is 0 Å². The van der Waals surface area contributed by atoms with Gasteiger partial charge in [-0.1, -0.05) is 5.21 Å². The number of aliphatic hydroxyl groups is 1. The Kier molecular flexibility index (Phi) is 3.63. The molecule has 5 nitrogen and oxygen atoms in total. The van der Waals surface area contributed by atoms with E-state index in [1.165, 1.54) is 9.75 Å². The van der Waals surface area contributed by atoms with Gasteiger partial charge in [0.15, 0.2) is 0 Å². The first-order valence-corrected chi connectivity index (χ1v) is 7.37. The van der Waals surface area contributed by atoms with Crippen molar-refractivity contribution in [3.05, 3.63) is 33.3 Å². The minimum atomic E-state index is -0.0265. The fourth-order valence-electron chi connectivity index (χ4n) is 2.50. The molecule has 0 fully saturated rings. The van der Waals surface area contributed by atoms with Crippen LogP contribution in [0.1, 0.15) is 27.6 Å². The molecule has 0 bridgehead atoms. The van der Waals surface area contributed by atoms with Gasteiger partial charge in [0.2, 0.25) is 0 Å². The molecular formula is C13H18N4OS. The van der Waals surface area contributed by atoms with E-state index in [2.05, 4.69) is 34.3 Å². The van der Waals surface area contributed by atoms with Crippen LogP contribution >= 0.6 is 11.3 Å². The van der Waals surface area contributed by atoms with Crippen LogP contribution in [0.5, 0.6) is 0 Å². The number of nitrogens with zero attached hydrogens (tertiary/aromatic N) is 4. The lowest BCUT2D eigenvalue weighted by molar-refractivity contribution is 0.251. The molecule has 1 aliphatic heterocycles. The zero-order valence-electron chi connectivity index (χ0n) is 11.0. The summed E-state index contributed by atoms with van der Waals surface area (Å²) in [6.07, 6.45) is 1.07. The molecule has 0 amide bonds. The highest BCUT2D eigenvalue weighted by atomic mass is 32.1. The van der Waals surface area contributed by atoms with Crippen molar-refractivity contribution in [1.82, 2.24) is 19.9 Å². The summed E-state index contributed by atoms with van der Waals surface area (Å²) >= 11 is 1.85. The molecule has 0 saturated heterocycles. The van der Waals surface area contributed by atoms with E-state index in [-0.39, 0.29) is 6.61 Å². The minimum Gasteiger partial charge on any atom is -0.390 e. The zero-order valence-corrected chi connectivity index (χ0v) is 11.9. The molecular weight excluding hydrogens is 260 g/mol. The molecule has 0 radical (unpaired) electrons. The van der Waals surface area contributed by atoms with Gasteiger partial charge < -0.3 is 5.11 Å². The Balaban J connectivity index is 1.77. The standard InChI is InChI=1S/C13H18N4OS/c1-10-3-4-11(19-10)7-16-5-2-6-17-13(8-16)12(9-18)14-15-17/h3-4,18H,2,5-9H2,1H3. The second kappa shape index (κ2) is 5.40. The maximum absolute atomic E-state index is 9.32. The van der Waals surface area contributed by atoms with E-state index in [1.54, 1.807) is 0 Å². The molecule has 0 unspecified atom stereocenters. The van der Waals surface area contributed by atoms with Gasteiger partial charge in [-0.25, -0.2) is 4.68 Å². The summed E-state index contributed by atoms with van der Waals surface area (Å²) in [6.45, 7) is 5.85. The summed E-state index contributed by atoms with van der Waals surface area (Å²) < 4.78 is 1.94. The number of aliphatic hydroxyl groups excluding tert-OH is 1. The van der Waals surface area contributed by atoms with E-state index >= 15 is 0 Å². The molecule has 6 heteroatoms. The van der Waals surface area contributed by atoms with Crippen molar-refractivity contribution in [3.63, 3.8) is 0 Å². The van der Waals surface area contributed by atoms with Crippen molar-refractivity contribution in [1.29, 1.82) is 0 Å². The van der Waals surface area contributed by atoms with Crippen LogP contribution < -0.4 is 0 Å². The molecule has 19 heavy (non-hydrogen) atoms. The normalized spacial score (nSPS) is 16.3. The summed E-state index contributed by atoms with van der Waals surface area (Å²) in [4.78, 5) is 5.16. The molecule has 0 aromatic carbocycles.